The normalized spacial score (nSPS) is 13.9. The van der Waals surface area contributed by atoms with Crippen LogP contribution in [0.2, 0.25) is 0 Å². The topological polar surface area (TPSA) is 155 Å². The molecule has 0 aliphatic rings. The van der Waals surface area contributed by atoms with Gasteiger partial charge in [-0.05, 0) is 77.0 Å². The second kappa shape index (κ2) is 54.2. The Bertz CT molecular complexity index is 1490. The predicted molar refractivity (Wildman–Crippen MR) is 298 cm³/mol. The molecule has 0 heterocycles. The number of hydrogen-bond donors (Lipinski definition) is 2. The largest absolute Gasteiger partial charge is 0.472 e. The summed E-state index contributed by atoms with van der Waals surface area (Å²) in [7, 11) is -4.77. The fraction of sp³-hybridized carbons (Fsp3) is 0.750. The summed E-state index contributed by atoms with van der Waals surface area (Å²) >= 11 is 0. The van der Waals surface area contributed by atoms with Crippen LogP contribution in [0.5, 0.6) is 0 Å². The van der Waals surface area contributed by atoms with Crippen molar-refractivity contribution in [1.29, 1.82) is 0 Å². The van der Waals surface area contributed by atoms with Crippen molar-refractivity contribution < 1.29 is 52.2 Å². The maximum Gasteiger partial charge on any atom is 0.472 e. The molecule has 0 bridgehead atoms. The second-order valence-electron chi connectivity index (χ2n) is 19.1. The molecule has 0 spiro atoms. The lowest BCUT2D eigenvalue weighted by Crippen LogP contribution is -2.30. The van der Waals surface area contributed by atoms with Crippen LogP contribution >= 0.6 is 7.82 Å². The van der Waals surface area contributed by atoms with Gasteiger partial charge in [-0.2, -0.15) is 0 Å². The molecule has 0 fully saturated rings. The molecule has 0 saturated heterocycles. The Morgan fingerprint density at radius 1 is 0.403 bits per heavy atom. The van der Waals surface area contributed by atoms with Gasteiger partial charge in [0.15, 0.2) is 6.10 Å². The maximum absolute atomic E-state index is 12.9. The Labute approximate surface area is 439 Å². The first-order valence-electron chi connectivity index (χ1n) is 28.8. The minimum atomic E-state index is -4.77. The average Bonchev–Trinajstić information content (AvgIpc) is 3.37. The Morgan fingerprint density at radius 3 is 1.22 bits per heavy atom. The highest BCUT2D eigenvalue weighted by molar-refractivity contribution is 7.47. The van der Waals surface area contributed by atoms with Gasteiger partial charge in [0, 0.05) is 19.3 Å². The molecule has 12 heteroatoms. The van der Waals surface area contributed by atoms with E-state index in [1.807, 2.05) is 12.2 Å². The Morgan fingerprint density at radius 2 is 0.750 bits per heavy atom. The lowest BCUT2D eigenvalue weighted by Gasteiger charge is -2.21. The minimum Gasteiger partial charge on any atom is -0.462 e. The minimum absolute atomic E-state index is 0.0550. The van der Waals surface area contributed by atoms with Crippen molar-refractivity contribution in [2.75, 3.05) is 26.4 Å². The van der Waals surface area contributed by atoms with E-state index in [-0.39, 0.29) is 25.9 Å². The van der Waals surface area contributed by atoms with Crippen molar-refractivity contribution in [2.45, 2.75) is 264 Å². The quantitative estimate of drug-likeness (QED) is 0.0197. The molecule has 72 heavy (non-hydrogen) atoms. The number of phosphoric acid groups is 1. The summed E-state index contributed by atoms with van der Waals surface area (Å²) in [5.74, 6) is -1.55. The van der Waals surface area contributed by atoms with Crippen LogP contribution in [0.25, 0.3) is 0 Å². The van der Waals surface area contributed by atoms with Crippen molar-refractivity contribution in [3.63, 3.8) is 0 Å². The van der Waals surface area contributed by atoms with Gasteiger partial charge in [0.25, 0.3) is 0 Å². The van der Waals surface area contributed by atoms with Crippen LogP contribution < -0.4 is 0 Å². The molecule has 11 nitrogen and oxygen atoms in total. The molecule has 2 N–H and O–H groups in total. The Hall–Kier alpha value is -3.08. The number of rotatable bonds is 53. The molecular weight excluding hydrogens is 928 g/mol. The van der Waals surface area contributed by atoms with Gasteiger partial charge in [0.05, 0.1) is 19.8 Å². The number of aliphatic hydroxyl groups excluding tert-OH is 1. The van der Waals surface area contributed by atoms with Gasteiger partial charge in [-0.3, -0.25) is 23.4 Å². The molecule has 0 rings (SSSR count). The number of phosphoric ester groups is 1. The summed E-state index contributed by atoms with van der Waals surface area (Å²) in [6.45, 7) is 4.43. The van der Waals surface area contributed by atoms with Crippen LogP contribution in [0.4, 0.5) is 0 Å². The van der Waals surface area contributed by atoms with Gasteiger partial charge < -0.3 is 24.2 Å². The van der Waals surface area contributed by atoms with Gasteiger partial charge in [-0.25, -0.2) is 4.57 Å². The number of hydrogen-bond acceptors (Lipinski definition) is 10. The lowest BCUT2D eigenvalue weighted by molar-refractivity contribution is -0.161. The third kappa shape index (κ3) is 51.8. The first-order chi connectivity index (χ1) is 35.2. The molecule has 0 radical (unpaired) electrons. The number of carbonyl (C=O) groups is 3. The van der Waals surface area contributed by atoms with Crippen molar-refractivity contribution in [2.24, 2.45) is 0 Å². The van der Waals surface area contributed by atoms with Crippen molar-refractivity contribution in [3.8, 4) is 0 Å². The number of esters is 3. The van der Waals surface area contributed by atoms with E-state index in [1.54, 1.807) is 0 Å². The first kappa shape index (κ1) is 68.9. The SMILES string of the molecule is CC/C=C\C/C=C\C/C=C\C/C=C\CCC(=O)OC(CO)COP(=O)(O)OCC(COC(=O)CCCCCCCCC/C=C\C/C=C\CCCCC)OC(=O)CCCCCCCCCCCCCCCCC. The highest BCUT2D eigenvalue weighted by Gasteiger charge is 2.28. The molecule has 0 aliphatic carbocycles. The predicted octanol–water partition coefficient (Wildman–Crippen LogP) is 16.9. The molecular formula is C60H105O11P. The molecule has 0 amide bonds. The fourth-order valence-electron chi connectivity index (χ4n) is 7.75. The molecule has 416 valence electrons. The number of aliphatic hydroxyl groups is 1. The highest BCUT2D eigenvalue weighted by atomic mass is 31.2. The third-order valence-electron chi connectivity index (χ3n) is 12.1. The zero-order chi connectivity index (χ0) is 52.7. The molecule has 0 aromatic heterocycles. The van der Waals surface area contributed by atoms with Gasteiger partial charge in [-0.15, -0.1) is 0 Å². The van der Waals surface area contributed by atoms with Crippen LogP contribution in [0.1, 0.15) is 252 Å². The molecule has 0 aromatic carbocycles. The number of allylic oxidation sites excluding steroid dienone is 12. The number of carbonyl (C=O) groups excluding carboxylic acids is 3. The average molecular weight is 1030 g/mol. The lowest BCUT2D eigenvalue weighted by atomic mass is 10.0. The van der Waals surface area contributed by atoms with E-state index in [9.17, 15) is 28.9 Å². The van der Waals surface area contributed by atoms with Crippen LogP contribution in [0, 0.1) is 0 Å². The second-order valence-corrected chi connectivity index (χ2v) is 20.5. The van der Waals surface area contributed by atoms with Gasteiger partial charge in [0.2, 0.25) is 0 Å². The van der Waals surface area contributed by atoms with Crippen LogP contribution in [0.15, 0.2) is 72.9 Å². The Kier molecular flexibility index (Phi) is 51.9. The highest BCUT2D eigenvalue weighted by Crippen LogP contribution is 2.43. The number of unbranched alkanes of at least 4 members (excludes halogenated alkanes) is 24. The summed E-state index contributed by atoms with van der Waals surface area (Å²) in [5.41, 5.74) is 0. The van der Waals surface area contributed by atoms with Crippen molar-refractivity contribution in [1.82, 2.24) is 0 Å². The van der Waals surface area contributed by atoms with Gasteiger partial charge in [-0.1, -0.05) is 229 Å². The van der Waals surface area contributed by atoms with E-state index in [4.69, 9.17) is 23.3 Å². The van der Waals surface area contributed by atoms with E-state index in [0.29, 0.717) is 19.3 Å². The Balaban J connectivity index is 4.78. The zero-order valence-corrected chi connectivity index (χ0v) is 46.8. The summed E-state index contributed by atoms with van der Waals surface area (Å²) in [6.07, 6.45) is 60.2. The summed E-state index contributed by atoms with van der Waals surface area (Å²) < 4.78 is 39.4. The molecule has 0 aliphatic heterocycles. The fourth-order valence-corrected chi connectivity index (χ4v) is 8.54. The zero-order valence-electron chi connectivity index (χ0n) is 45.9. The van der Waals surface area contributed by atoms with E-state index >= 15 is 0 Å². The molecule has 3 unspecified atom stereocenters. The van der Waals surface area contributed by atoms with E-state index in [2.05, 4.69) is 81.5 Å². The summed E-state index contributed by atoms with van der Waals surface area (Å²) in [5, 5.41) is 9.78. The van der Waals surface area contributed by atoms with Crippen molar-refractivity contribution in [3.05, 3.63) is 72.9 Å². The molecule has 3 atom stereocenters. The summed E-state index contributed by atoms with van der Waals surface area (Å²) in [6, 6.07) is 0. The first-order valence-corrected chi connectivity index (χ1v) is 30.3. The third-order valence-corrected chi connectivity index (χ3v) is 13.1. The monoisotopic (exact) mass is 1030 g/mol. The van der Waals surface area contributed by atoms with E-state index < -0.39 is 57.8 Å². The van der Waals surface area contributed by atoms with E-state index in [0.717, 1.165) is 77.0 Å². The molecule has 0 saturated carbocycles. The molecule has 0 aromatic rings. The van der Waals surface area contributed by atoms with E-state index in [1.165, 1.54) is 116 Å². The van der Waals surface area contributed by atoms with Crippen LogP contribution in [-0.2, 0) is 42.2 Å². The van der Waals surface area contributed by atoms with Crippen LogP contribution in [0.3, 0.4) is 0 Å². The van der Waals surface area contributed by atoms with Crippen LogP contribution in [-0.4, -0.2) is 66.5 Å². The maximum atomic E-state index is 12.9. The number of ether oxygens (including phenoxy) is 3. The standard InChI is InChI=1S/C60H105O11P/c1-4-7-10-13-16-19-22-25-27-28-30-32-34-37-40-43-46-49-58(62)67-53-57(71-60(64)51-48-45-42-39-36-33-29-26-23-20-17-14-11-8-5-2)55-69-72(65,66)68-54-56(52-61)70-59(63)50-47-44-41-38-35-31-24-21-18-15-12-9-6-3/h9,12,16,18-19,21,25,27,31,35,41,44,56-57,61H,4-8,10-11,13-15,17,20,22-24,26,28-30,32-34,36-40,42-43,45-55H2,1-3H3,(H,65,66)/b12-9-,19-16-,21-18-,27-25-,35-31-,44-41-. The van der Waals surface area contributed by atoms with Crippen molar-refractivity contribution >= 4 is 25.7 Å². The smallest absolute Gasteiger partial charge is 0.462 e. The van der Waals surface area contributed by atoms with Gasteiger partial charge >= 0.3 is 25.7 Å². The summed E-state index contributed by atoms with van der Waals surface area (Å²) in [4.78, 5) is 48.5. The van der Waals surface area contributed by atoms with Gasteiger partial charge in [0.1, 0.15) is 12.7 Å².